The number of nitrogen functional groups attached to an aromatic ring is 1. The van der Waals surface area contributed by atoms with Crippen molar-refractivity contribution in [2.45, 2.75) is 26.0 Å². The fraction of sp³-hybridized carbons (Fsp3) is 0.444. The predicted molar refractivity (Wildman–Crippen MR) is 95.8 cm³/mol. The van der Waals surface area contributed by atoms with E-state index in [2.05, 4.69) is 26.7 Å². The van der Waals surface area contributed by atoms with E-state index < -0.39 is 6.10 Å². The molecule has 128 valence electrons. The third kappa shape index (κ3) is 3.83. The Labute approximate surface area is 142 Å². The van der Waals surface area contributed by atoms with Crippen LogP contribution in [0.2, 0.25) is 0 Å². The lowest BCUT2D eigenvalue weighted by Crippen LogP contribution is -2.53. The molecule has 3 rings (SSSR count). The van der Waals surface area contributed by atoms with Crippen LogP contribution < -0.4 is 10.6 Å². The van der Waals surface area contributed by atoms with Crippen molar-refractivity contribution in [1.29, 1.82) is 0 Å². The Morgan fingerprint density at radius 1 is 1.25 bits per heavy atom. The van der Waals surface area contributed by atoms with Gasteiger partial charge in [-0.05, 0) is 19.4 Å². The standard InChI is InChI=1S/C18H25N5O/c1-13-10-17(21-18(19)20-13)23-9-8-22(14(2)11-23)12-16(24)15-6-4-3-5-7-15/h3-7,10,14,16,24H,8-9,11-12H2,1-2H3,(H2,19,20,21)/t14-,16-/m0/s1. The fourth-order valence-electron chi connectivity index (χ4n) is 3.21. The molecule has 1 aliphatic rings. The summed E-state index contributed by atoms with van der Waals surface area (Å²) in [6.07, 6.45) is -0.461. The first-order chi connectivity index (χ1) is 11.5. The zero-order chi connectivity index (χ0) is 17.1. The lowest BCUT2D eigenvalue weighted by atomic mass is 10.1. The molecule has 1 fully saturated rings. The Bertz CT molecular complexity index is 658. The molecule has 0 saturated carbocycles. The van der Waals surface area contributed by atoms with Gasteiger partial charge in [0.2, 0.25) is 5.95 Å². The number of anilines is 2. The van der Waals surface area contributed by atoms with E-state index >= 15 is 0 Å². The second-order valence-electron chi connectivity index (χ2n) is 6.44. The molecule has 1 aliphatic heterocycles. The minimum atomic E-state index is -0.461. The number of aryl methyl sites for hydroxylation is 1. The van der Waals surface area contributed by atoms with Crippen LogP contribution in [0.15, 0.2) is 36.4 Å². The van der Waals surface area contributed by atoms with E-state index in [1.807, 2.05) is 43.3 Å². The van der Waals surface area contributed by atoms with Crippen molar-refractivity contribution in [3.05, 3.63) is 47.7 Å². The summed E-state index contributed by atoms with van der Waals surface area (Å²) in [7, 11) is 0. The second kappa shape index (κ2) is 7.15. The molecule has 0 spiro atoms. The predicted octanol–water partition coefficient (Wildman–Crippen LogP) is 1.61. The number of aliphatic hydroxyl groups is 1. The molecular formula is C18H25N5O. The van der Waals surface area contributed by atoms with E-state index in [0.717, 1.165) is 36.7 Å². The van der Waals surface area contributed by atoms with Crippen LogP contribution in [0, 0.1) is 6.92 Å². The van der Waals surface area contributed by atoms with E-state index in [1.54, 1.807) is 0 Å². The number of nitrogens with zero attached hydrogens (tertiary/aromatic N) is 4. The Morgan fingerprint density at radius 2 is 2.00 bits per heavy atom. The topological polar surface area (TPSA) is 78.5 Å². The minimum absolute atomic E-state index is 0.319. The third-order valence-corrected chi connectivity index (χ3v) is 4.54. The van der Waals surface area contributed by atoms with Crippen molar-refractivity contribution in [2.75, 3.05) is 36.8 Å². The van der Waals surface area contributed by atoms with Crippen LogP contribution in [0.3, 0.4) is 0 Å². The molecule has 6 heteroatoms. The smallest absolute Gasteiger partial charge is 0.222 e. The Hall–Kier alpha value is -2.18. The minimum Gasteiger partial charge on any atom is -0.387 e. The highest BCUT2D eigenvalue weighted by Gasteiger charge is 2.26. The first-order valence-corrected chi connectivity index (χ1v) is 8.36. The molecule has 0 aliphatic carbocycles. The number of hydrogen-bond donors (Lipinski definition) is 2. The molecule has 0 amide bonds. The van der Waals surface area contributed by atoms with Crippen LogP contribution in [0.25, 0.3) is 0 Å². The largest absolute Gasteiger partial charge is 0.387 e. The maximum absolute atomic E-state index is 10.5. The van der Waals surface area contributed by atoms with Gasteiger partial charge < -0.3 is 15.7 Å². The zero-order valence-electron chi connectivity index (χ0n) is 14.3. The number of rotatable bonds is 4. The Morgan fingerprint density at radius 3 is 2.67 bits per heavy atom. The van der Waals surface area contributed by atoms with Gasteiger partial charge in [-0.15, -0.1) is 0 Å². The summed E-state index contributed by atoms with van der Waals surface area (Å²) in [6, 6.07) is 12.1. The lowest BCUT2D eigenvalue weighted by molar-refractivity contribution is 0.0848. The van der Waals surface area contributed by atoms with Crippen molar-refractivity contribution in [1.82, 2.24) is 14.9 Å². The van der Waals surface area contributed by atoms with Gasteiger partial charge in [-0.1, -0.05) is 30.3 Å². The van der Waals surface area contributed by atoms with Gasteiger partial charge in [0, 0.05) is 44.0 Å². The van der Waals surface area contributed by atoms with E-state index in [1.165, 1.54) is 0 Å². The molecule has 0 radical (unpaired) electrons. The van der Waals surface area contributed by atoms with Crippen molar-refractivity contribution in [2.24, 2.45) is 0 Å². The van der Waals surface area contributed by atoms with Crippen LogP contribution in [-0.2, 0) is 0 Å². The number of aromatic nitrogens is 2. The Balaban J connectivity index is 1.63. The zero-order valence-corrected chi connectivity index (χ0v) is 14.3. The van der Waals surface area contributed by atoms with Gasteiger partial charge in [-0.2, -0.15) is 4.98 Å². The van der Waals surface area contributed by atoms with E-state index in [4.69, 9.17) is 5.73 Å². The Kier molecular flexibility index (Phi) is 4.97. The molecule has 2 heterocycles. The average Bonchev–Trinajstić information content (AvgIpc) is 2.56. The maximum Gasteiger partial charge on any atom is 0.222 e. The highest BCUT2D eigenvalue weighted by atomic mass is 16.3. The van der Waals surface area contributed by atoms with Gasteiger partial charge in [0.1, 0.15) is 5.82 Å². The molecule has 1 aromatic carbocycles. The summed E-state index contributed by atoms with van der Waals surface area (Å²) in [5.41, 5.74) is 7.61. The average molecular weight is 327 g/mol. The number of benzene rings is 1. The van der Waals surface area contributed by atoms with Gasteiger partial charge in [0.15, 0.2) is 0 Å². The van der Waals surface area contributed by atoms with Crippen molar-refractivity contribution < 1.29 is 5.11 Å². The van der Waals surface area contributed by atoms with E-state index in [9.17, 15) is 5.11 Å². The van der Waals surface area contributed by atoms with E-state index in [0.29, 0.717) is 18.5 Å². The number of nitrogens with two attached hydrogens (primary N) is 1. The van der Waals surface area contributed by atoms with Gasteiger partial charge in [-0.3, -0.25) is 4.90 Å². The van der Waals surface area contributed by atoms with Crippen molar-refractivity contribution in [3.63, 3.8) is 0 Å². The molecule has 3 N–H and O–H groups in total. The third-order valence-electron chi connectivity index (χ3n) is 4.54. The molecule has 0 unspecified atom stereocenters. The van der Waals surface area contributed by atoms with Gasteiger partial charge >= 0.3 is 0 Å². The first-order valence-electron chi connectivity index (χ1n) is 8.36. The molecular weight excluding hydrogens is 302 g/mol. The van der Waals surface area contributed by atoms with Crippen LogP contribution in [0.5, 0.6) is 0 Å². The molecule has 0 bridgehead atoms. The molecule has 1 saturated heterocycles. The first kappa shape index (κ1) is 16.7. The molecule has 2 aromatic rings. The molecule has 1 aromatic heterocycles. The summed E-state index contributed by atoms with van der Waals surface area (Å²) in [5, 5.41) is 10.5. The summed E-state index contributed by atoms with van der Waals surface area (Å²) >= 11 is 0. The van der Waals surface area contributed by atoms with Gasteiger partial charge in [0.05, 0.1) is 6.10 Å². The quantitative estimate of drug-likeness (QED) is 0.888. The lowest BCUT2D eigenvalue weighted by Gasteiger charge is -2.41. The normalized spacial score (nSPS) is 20.1. The number of aliphatic hydroxyl groups excluding tert-OH is 1. The van der Waals surface area contributed by atoms with Crippen LogP contribution in [-0.4, -0.2) is 52.2 Å². The summed E-state index contributed by atoms with van der Waals surface area (Å²) < 4.78 is 0. The maximum atomic E-state index is 10.5. The monoisotopic (exact) mass is 327 g/mol. The summed E-state index contributed by atoms with van der Waals surface area (Å²) in [5.74, 6) is 1.20. The molecule has 2 atom stereocenters. The van der Waals surface area contributed by atoms with Crippen molar-refractivity contribution >= 4 is 11.8 Å². The van der Waals surface area contributed by atoms with Crippen LogP contribution >= 0.6 is 0 Å². The summed E-state index contributed by atoms with van der Waals surface area (Å²) in [4.78, 5) is 13.0. The van der Waals surface area contributed by atoms with Gasteiger partial charge in [-0.25, -0.2) is 4.98 Å². The summed E-state index contributed by atoms with van der Waals surface area (Å²) in [6.45, 7) is 7.36. The fourth-order valence-corrected chi connectivity index (χ4v) is 3.21. The highest BCUT2D eigenvalue weighted by molar-refractivity contribution is 5.44. The van der Waals surface area contributed by atoms with E-state index in [-0.39, 0.29) is 0 Å². The highest BCUT2D eigenvalue weighted by Crippen LogP contribution is 2.21. The number of β-amino-alcohol motifs (C(OH)–C–C–N with tert-alkyl or cyclic N) is 1. The van der Waals surface area contributed by atoms with Gasteiger partial charge in [0.25, 0.3) is 0 Å². The number of hydrogen-bond acceptors (Lipinski definition) is 6. The molecule has 24 heavy (non-hydrogen) atoms. The molecule has 6 nitrogen and oxygen atoms in total. The SMILES string of the molecule is Cc1cc(N2CCN(C[C@H](O)c3ccccc3)[C@@H](C)C2)nc(N)n1. The number of piperazine rings is 1. The second-order valence-corrected chi connectivity index (χ2v) is 6.44. The van der Waals surface area contributed by atoms with Crippen LogP contribution in [0.4, 0.5) is 11.8 Å². The van der Waals surface area contributed by atoms with Crippen LogP contribution in [0.1, 0.15) is 24.3 Å². The van der Waals surface area contributed by atoms with Crippen molar-refractivity contribution in [3.8, 4) is 0 Å².